The normalized spacial score (nSPS) is 10.8. The van der Waals surface area contributed by atoms with Gasteiger partial charge in [0.15, 0.2) is 0 Å². The van der Waals surface area contributed by atoms with Crippen molar-refractivity contribution in [2.75, 3.05) is 0 Å². The summed E-state index contributed by atoms with van der Waals surface area (Å²) in [6, 6.07) is 0. The minimum atomic E-state index is -0.0825. The number of rotatable bonds is 3. The van der Waals surface area contributed by atoms with E-state index in [2.05, 4.69) is 17.0 Å². The molecule has 0 spiro atoms. The smallest absolute Gasteiger partial charge is 0.313 e. The molecule has 0 aliphatic carbocycles. The first-order valence-electron chi connectivity index (χ1n) is 4.96. The summed E-state index contributed by atoms with van der Waals surface area (Å²) >= 11 is 0. The molecule has 0 bridgehead atoms. The molecule has 0 radical (unpaired) electrons. The van der Waals surface area contributed by atoms with E-state index < -0.39 is 0 Å². The Morgan fingerprint density at radius 1 is 1.53 bits per heavy atom. The fourth-order valence-corrected chi connectivity index (χ4v) is 1.67. The van der Waals surface area contributed by atoms with Crippen molar-refractivity contribution in [3.63, 3.8) is 0 Å². The Kier molecular flexibility index (Phi) is 2.45. The molecule has 2 heterocycles. The van der Waals surface area contributed by atoms with Crippen LogP contribution < -0.4 is 5.69 Å². The largest absolute Gasteiger partial charge is 0.325 e. The SMILES string of the molecule is CCc1nn(C)cc1Cn1cc[nH]c1=O. The molecule has 0 aliphatic rings. The van der Waals surface area contributed by atoms with Crippen molar-refractivity contribution in [2.45, 2.75) is 19.9 Å². The van der Waals surface area contributed by atoms with Crippen molar-refractivity contribution >= 4 is 0 Å². The van der Waals surface area contributed by atoms with Crippen LogP contribution in [0.3, 0.4) is 0 Å². The lowest BCUT2D eigenvalue weighted by atomic mass is 10.2. The van der Waals surface area contributed by atoms with Crippen LogP contribution in [0.25, 0.3) is 0 Å². The third-order valence-corrected chi connectivity index (χ3v) is 2.39. The molecule has 0 aliphatic heterocycles. The van der Waals surface area contributed by atoms with Gasteiger partial charge in [0.1, 0.15) is 0 Å². The van der Waals surface area contributed by atoms with Crippen LogP contribution in [0.4, 0.5) is 0 Å². The average Bonchev–Trinajstić information content (AvgIpc) is 2.75. The maximum absolute atomic E-state index is 11.3. The molecule has 80 valence electrons. The lowest BCUT2D eigenvalue weighted by Crippen LogP contribution is -2.17. The Bertz CT molecular complexity index is 505. The van der Waals surface area contributed by atoms with Gasteiger partial charge in [-0.3, -0.25) is 9.25 Å². The van der Waals surface area contributed by atoms with Gasteiger partial charge in [0.2, 0.25) is 0 Å². The molecule has 5 nitrogen and oxygen atoms in total. The zero-order valence-electron chi connectivity index (χ0n) is 8.90. The zero-order chi connectivity index (χ0) is 10.8. The van der Waals surface area contributed by atoms with Gasteiger partial charge in [0.05, 0.1) is 12.2 Å². The maximum atomic E-state index is 11.3. The number of nitrogens with one attached hydrogen (secondary N) is 1. The van der Waals surface area contributed by atoms with Gasteiger partial charge in [-0.15, -0.1) is 0 Å². The van der Waals surface area contributed by atoms with Crippen molar-refractivity contribution in [1.82, 2.24) is 19.3 Å². The Balaban J connectivity index is 2.31. The number of aromatic nitrogens is 4. The van der Waals surface area contributed by atoms with E-state index in [1.165, 1.54) is 0 Å². The minimum Gasteiger partial charge on any atom is -0.313 e. The highest BCUT2D eigenvalue weighted by molar-refractivity contribution is 5.17. The minimum absolute atomic E-state index is 0.0825. The van der Waals surface area contributed by atoms with Crippen LogP contribution in [0, 0.1) is 0 Å². The van der Waals surface area contributed by atoms with Crippen molar-refractivity contribution in [2.24, 2.45) is 7.05 Å². The first kappa shape index (κ1) is 9.76. The van der Waals surface area contributed by atoms with E-state index >= 15 is 0 Å². The summed E-state index contributed by atoms with van der Waals surface area (Å²) in [5, 5.41) is 4.33. The number of hydrogen-bond donors (Lipinski definition) is 1. The monoisotopic (exact) mass is 206 g/mol. The molecule has 2 rings (SSSR count). The van der Waals surface area contributed by atoms with Crippen LogP contribution in [0.5, 0.6) is 0 Å². The average molecular weight is 206 g/mol. The predicted octanol–water partition coefficient (Wildman–Crippen LogP) is 0.521. The molecule has 2 aromatic heterocycles. The summed E-state index contributed by atoms with van der Waals surface area (Å²) in [6.07, 6.45) is 6.23. The number of imidazole rings is 1. The fourth-order valence-electron chi connectivity index (χ4n) is 1.67. The van der Waals surface area contributed by atoms with Gasteiger partial charge in [-0.25, -0.2) is 4.79 Å². The molecule has 0 atom stereocenters. The third kappa shape index (κ3) is 1.86. The zero-order valence-corrected chi connectivity index (χ0v) is 8.90. The second kappa shape index (κ2) is 3.76. The molecule has 0 amide bonds. The maximum Gasteiger partial charge on any atom is 0.325 e. The first-order chi connectivity index (χ1) is 7.20. The summed E-state index contributed by atoms with van der Waals surface area (Å²) in [5.74, 6) is 0. The summed E-state index contributed by atoms with van der Waals surface area (Å²) < 4.78 is 3.42. The number of aromatic amines is 1. The van der Waals surface area contributed by atoms with Crippen molar-refractivity contribution in [3.8, 4) is 0 Å². The lowest BCUT2D eigenvalue weighted by molar-refractivity contribution is 0.746. The summed E-state index contributed by atoms with van der Waals surface area (Å²) in [4.78, 5) is 13.9. The highest BCUT2D eigenvalue weighted by atomic mass is 16.1. The molecule has 15 heavy (non-hydrogen) atoms. The molecule has 5 heteroatoms. The molecule has 0 unspecified atom stereocenters. The van der Waals surface area contributed by atoms with Crippen molar-refractivity contribution in [1.29, 1.82) is 0 Å². The molecule has 2 aromatic rings. The van der Waals surface area contributed by atoms with Crippen LogP contribution in [0.1, 0.15) is 18.2 Å². The van der Waals surface area contributed by atoms with Crippen molar-refractivity contribution < 1.29 is 0 Å². The van der Waals surface area contributed by atoms with E-state index in [0.717, 1.165) is 17.7 Å². The van der Waals surface area contributed by atoms with Gasteiger partial charge >= 0.3 is 5.69 Å². The Labute approximate surface area is 87.4 Å². The molecule has 0 saturated carbocycles. The Morgan fingerprint density at radius 3 is 2.93 bits per heavy atom. The van der Waals surface area contributed by atoms with Crippen LogP contribution >= 0.6 is 0 Å². The molecule has 0 fully saturated rings. The standard InChI is InChI=1S/C10H14N4O/c1-3-9-8(6-13(2)12-9)7-14-5-4-11-10(14)15/h4-6H,3,7H2,1-2H3,(H,11,15). The third-order valence-electron chi connectivity index (χ3n) is 2.39. The number of H-pyrrole nitrogens is 1. The van der Waals surface area contributed by atoms with Crippen LogP contribution in [-0.4, -0.2) is 19.3 Å². The van der Waals surface area contributed by atoms with Crippen molar-refractivity contribution in [3.05, 3.63) is 40.3 Å². The number of hydrogen-bond acceptors (Lipinski definition) is 2. The Morgan fingerprint density at radius 2 is 2.33 bits per heavy atom. The lowest BCUT2D eigenvalue weighted by Gasteiger charge is -1.99. The Hall–Kier alpha value is -1.78. The fraction of sp³-hybridized carbons (Fsp3) is 0.400. The van der Waals surface area contributed by atoms with Crippen LogP contribution in [0.15, 0.2) is 23.4 Å². The summed E-state index contributed by atoms with van der Waals surface area (Å²) in [7, 11) is 1.89. The van der Waals surface area contributed by atoms with E-state index in [4.69, 9.17) is 0 Å². The first-order valence-corrected chi connectivity index (χ1v) is 4.96. The van der Waals surface area contributed by atoms with E-state index in [9.17, 15) is 4.79 Å². The van der Waals surface area contributed by atoms with Gasteiger partial charge < -0.3 is 4.98 Å². The van der Waals surface area contributed by atoms with E-state index in [0.29, 0.717) is 6.54 Å². The second-order valence-corrected chi connectivity index (χ2v) is 3.52. The van der Waals surface area contributed by atoms with Gasteiger partial charge in [-0.2, -0.15) is 5.10 Å². The molecule has 0 aromatic carbocycles. The van der Waals surface area contributed by atoms with Crippen LogP contribution in [-0.2, 0) is 20.0 Å². The van der Waals surface area contributed by atoms with E-state index in [-0.39, 0.29) is 5.69 Å². The molecule has 0 saturated heterocycles. The highest BCUT2D eigenvalue weighted by Gasteiger charge is 2.07. The highest BCUT2D eigenvalue weighted by Crippen LogP contribution is 2.07. The topological polar surface area (TPSA) is 55.6 Å². The van der Waals surface area contributed by atoms with Gasteiger partial charge in [0, 0.05) is 31.2 Å². The number of nitrogens with zero attached hydrogens (tertiary/aromatic N) is 3. The van der Waals surface area contributed by atoms with E-state index in [1.54, 1.807) is 21.6 Å². The van der Waals surface area contributed by atoms with Gasteiger partial charge in [-0.05, 0) is 6.42 Å². The molecular formula is C10H14N4O. The summed E-state index contributed by atoms with van der Waals surface area (Å²) in [5.41, 5.74) is 2.06. The van der Waals surface area contributed by atoms with Gasteiger partial charge in [-0.1, -0.05) is 6.92 Å². The predicted molar refractivity (Wildman–Crippen MR) is 56.7 cm³/mol. The second-order valence-electron chi connectivity index (χ2n) is 3.52. The quantitative estimate of drug-likeness (QED) is 0.796. The number of aryl methyl sites for hydroxylation is 2. The van der Waals surface area contributed by atoms with Gasteiger partial charge in [0.25, 0.3) is 0 Å². The molecule has 1 N–H and O–H groups in total. The molecular weight excluding hydrogens is 192 g/mol. The summed E-state index contributed by atoms with van der Waals surface area (Å²) in [6.45, 7) is 2.64. The van der Waals surface area contributed by atoms with E-state index in [1.807, 2.05) is 13.2 Å². The van der Waals surface area contributed by atoms with Crippen LogP contribution in [0.2, 0.25) is 0 Å².